The molecular formula is C11H11Cl2N3OS. The van der Waals surface area contributed by atoms with Gasteiger partial charge in [-0.3, -0.25) is 0 Å². The van der Waals surface area contributed by atoms with Crippen LogP contribution < -0.4 is 0 Å². The maximum absolute atomic E-state index is 10.6. The molecule has 4 nitrogen and oxygen atoms in total. The third-order valence-corrected chi connectivity index (χ3v) is 3.66. The first-order chi connectivity index (χ1) is 8.55. The molecule has 0 saturated carbocycles. The molecule has 0 aliphatic carbocycles. The Bertz CT molecular complexity index is 535. The first-order valence-corrected chi connectivity index (χ1v) is 6.55. The summed E-state index contributed by atoms with van der Waals surface area (Å²) in [5, 5.41) is 15.5. The topological polar surface area (TPSA) is 50.9 Å². The average Bonchev–Trinajstić information content (AvgIpc) is 2.81. The highest BCUT2D eigenvalue weighted by atomic mass is 35.5. The number of hydrogen-bond donors (Lipinski definition) is 2. The van der Waals surface area contributed by atoms with E-state index in [-0.39, 0.29) is 12.3 Å². The highest BCUT2D eigenvalue weighted by Crippen LogP contribution is 2.32. The second-order valence-corrected chi connectivity index (χ2v) is 5.07. The molecule has 1 N–H and O–H groups in total. The summed E-state index contributed by atoms with van der Waals surface area (Å²) in [4.78, 5) is 3.83. The molecule has 18 heavy (non-hydrogen) atoms. The highest BCUT2D eigenvalue weighted by Gasteiger charge is 2.31. The van der Waals surface area contributed by atoms with Gasteiger partial charge in [0.25, 0.3) is 0 Å². The zero-order valence-corrected chi connectivity index (χ0v) is 11.7. The normalized spacial score (nSPS) is 14.4. The van der Waals surface area contributed by atoms with Crippen molar-refractivity contribution in [3.05, 3.63) is 46.5 Å². The molecule has 96 valence electrons. The van der Waals surface area contributed by atoms with Crippen molar-refractivity contribution in [2.45, 2.75) is 12.1 Å². The van der Waals surface area contributed by atoms with Crippen LogP contribution in [0.5, 0.6) is 0 Å². The maximum Gasteiger partial charge on any atom is 0.137 e. The summed E-state index contributed by atoms with van der Waals surface area (Å²) >= 11 is 16.1. The Morgan fingerprint density at radius 2 is 2.17 bits per heavy atom. The molecule has 0 aliphatic heterocycles. The van der Waals surface area contributed by atoms with Gasteiger partial charge in [0, 0.05) is 21.4 Å². The van der Waals surface area contributed by atoms with Crippen LogP contribution in [-0.4, -0.2) is 25.6 Å². The van der Waals surface area contributed by atoms with Crippen molar-refractivity contribution >= 4 is 35.8 Å². The number of halogens is 2. The van der Waals surface area contributed by atoms with Crippen LogP contribution >= 0.6 is 35.8 Å². The summed E-state index contributed by atoms with van der Waals surface area (Å²) in [5.74, 6) is 0.203. The molecule has 7 heteroatoms. The third-order valence-electron chi connectivity index (χ3n) is 2.58. The minimum atomic E-state index is -1.22. The summed E-state index contributed by atoms with van der Waals surface area (Å²) < 4.78 is 1.53. The number of aromatic nitrogens is 3. The molecule has 0 aliphatic rings. The summed E-state index contributed by atoms with van der Waals surface area (Å²) in [6.07, 6.45) is 2.93. The molecule has 0 spiro atoms. The summed E-state index contributed by atoms with van der Waals surface area (Å²) in [7, 11) is 0. The van der Waals surface area contributed by atoms with E-state index >= 15 is 0 Å². The van der Waals surface area contributed by atoms with Crippen LogP contribution in [0.1, 0.15) is 5.56 Å². The summed E-state index contributed by atoms with van der Waals surface area (Å²) in [5.41, 5.74) is -0.655. The van der Waals surface area contributed by atoms with Crippen LogP contribution in [-0.2, 0) is 12.1 Å². The van der Waals surface area contributed by atoms with Gasteiger partial charge in [-0.2, -0.15) is 17.7 Å². The molecule has 1 heterocycles. The standard InChI is InChI=1S/C11H11Cl2N3OS/c12-8-1-2-9(10(13)3-8)11(17,5-18)4-16-7-14-6-15-16/h1-3,6-7,17-18H,4-5H2. The Hall–Kier alpha value is -0.750. The van der Waals surface area contributed by atoms with E-state index in [4.69, 9.17) is 23.2 Å². The fourth-order valence-electron chi connectivity index (χ4n) is 1.67. The number of hydrogen-bond acceptors (Lipinski definition) is 4. The van der Waals surface area contributed by atoms with Gasteiger partial charge in [0.05, 0.1) is 6.54 Å². The molecule has 0 fully saturated rings. The molecule has 2 rings (SSSR count). The Labute approximate surface area is 120 Å². The van der Waals surface area contributed by atoms with Gasteiger partial charge in [-0.15, -0.1) is 0 Å². The number of thiol groups is 1. The molecule has 1 atom stereocenters. The lowest BCUT2D eigenvalue weighted by molar-refractivity contribution is 0.0401. The van der Waals surface area contributed by atoms with Crippen LogP contribution in [0.2, 0.25) is 10.0 Å². The Kier molecular flexibility index (Phi) is 4.17. The van der Waals surface area contributed by atoms with Gasteiger partial charge in [0.15, 0.2) is 0 Å². The van der Waals surface area contributed by atoms with Crippen LogP contribution in [0.25, 0.3) is 0 Å². The van der Waals surface area contributed by atoms with E-state index in [9.17, 15) is 5.11 Å². The van der Waals surface area contributed by atoms with Crippen LogP contribution in [0, 0.1) is 0 Å². The zero-order chi connectivity index (χ0) is 13.2. The van der Waals surface area contributed by atoms with Gasteiger partial charge in [0.1, 0.15) is 18.3 Å². The first kappa shape index (κ1) is 13.7. The smallest absolute Gasteiger partial charge is 0.137 e. The lowest BCUT2D eigenvalue weighted by Gasteiger charge is -2.27. The Morgan fingerprint density at radius 3 is 2.72 bits per heavy atom. The minimum absolute atomic E-state index is 0.203. The molecule has 1 unspecified atom stereocenters. The molecule has 0 radical (unpaired) electrons. The predicted molar refractivity (Wildman–Crippen MR) is 74.2 cm³/mol. The molecular weight excluding hydrogens is 293 g/mol. The average molecular weight is 304 g/mol. The van der Waals surface area contributed by atoms with Crippen molar-refractivity contribution in [2.24, 2.45) is 0 Å². The second kappa shape index (κ2) is 5.48. The van der Waals surface area contributed by atoms with Crippen LogP contribution in [0.3, 0.4) is 0 Å². The van der Waals surface area contributed by atoms with Crippen molar-refractivity contribution in [3.8, 4) is 0 Å². The minimum Gasteiger partial charge on any atom is -0.382 e. The Morgan fingerprint density at radius 1 is 1.39 bits per heavy atom. The van der Waals surface area contributed by atoms with Gasteiger partial charge in [-0.1, -0.05) is 29.3 Å². The number of rotatable bonds is 4. The summed E-state index contributed by atoms with van der Waals surface area (Å²) in [6.45, 7) is 0.220. The number of aliphatic hydroxyl groups is 1. The third kappa shape index (κ3) is 2.80. The number of benzene rings is 1. The van der Waals surface area contributed by atoms with Crippen molar-refractivity contribution in [2.75, 3.05) is 5.75 Å². The van der Waals surface area contributed by atoms with E-state index in [1.165, 1.54) is 17.3 Å². The number of nitrogens with zero attached hydrogens (tertiary/aromatic N) is 3. The van der Waals surface area contributed by atoms with Crippen molar-refractivity contribution in [1.29, 1.82) is 0 Å². The molecule has 2 aromatic rings. The highest BCUT2D eigenvalue weighted by molar-refractivity contribution is 7.80. The van der Waals surface area contributed by atoms with Crippen LogP contribution in [0.4, 0.5) is 0 Å². The van der Waals surface area contributed by atoms with E-state index in [1.54, 1.807) is 18.2 Å². The van der Waals surface area contributed by atoms with E-state index in [1.807, 2.05) is 0 Å². The Balaban J connectivity index is 2.36. The van der Waals surface area contributed by atoms with E-state index in [0.717, 1.165) is 0 Å². The SMILES string of the molecule is OC(CS)(Cn1cncn1)c1ccc(Cl)cc1Cl. The predicted octanol–water partition coefficient (Wildman–Crippen LogP) is 2.40. The van der Waals surface area contributed by atoms with Crippen molar-refractivity contribution in [3.63, 3.8) is 0 Å². The lowest BCUT2D eigenvalue weighted by Crippen LogP contribution is -2.34. The first-order valence-electron chi connectivity index (χ1n) is 5.16. The van der Waals surface area contributed by atoms with Gasteiger partial charge < -0.3 is 5.11 Å². The van der Waals surface area contributed by atoms with Crippen molar-refractivity contribution < 1.29 is 5.11 Å². The van der Waals surface area contributed by atoms with E-state index < -0.39 is 5.60 Å². The fraction of sp³-hybridized carbons (Fsp3) is 0.273. The van der Waals surface area contributed by atoms with Crippen molar-refractivity contribution in [1.82, 2.24) is 14.8 Å². The van der Waals surface area contributed by atoms with Gasteiger partial charge in [-0.25, -0.2) is 9.67 Å². The molecule has 1 aromatic heterocycles. The van der Waals surface area contributed by atoms with E-state index in [2.05, 4.69) is 22.7 Å². The molecule has 0 saturated heterocycles. The largest absolute Gasteiger partial charge is 0.382 e. The molecule has 1 aromatic carbocycles. The fourth-order valence-corrected chi connectivity index (χ4v) is 2.52. The molecule has 0 bridgehead atoms. The van der Waals surface area contributed by atoms with Gasteiger partial charge in [0.2, 0.25) is 0 Å². The summed E-state index contributed by atoms with van der Waals surface area (Å²) in [6, 6.07) is 4.96. The lowest BCUT2D eigenvalue weighted by atomic mass is 9.95. The zero-order valence-electron chi connectivity index (χ0n) is 9.29. The van der Waals surface area contributed by atoms with Crippen LogP contribution in [0.15, 0.2) is 30.9 Å². The molecule has 0 amide bonds. The second-order valence-electron chi connectivity index (χ2n) is 3.91. The van der Waals surface area contributed by atoms with E-state index in [0.29, 0.717) is 15.6 Å². The van der Waals surface area contributed by atoms with Gasteiger partial charge >= 0.3 is 0 Å². The quantitative estimate of drug-likeness (QED) is 0.853. The van der Waals surface area contributed by atoms with Gasteiger partial charge in [-0.05, 0) is 12.1 Å². The maximum atomic E-state index is 10.6. The monoisotopic (exact) mass is 303 g/mol.